The van der Waals surface area contributed by atoms with Crippen LogP contribution in [0.1, 0.15) is 16.0 Å². The highest BCUT2D eigenvalue weighted by Gasteiger charge is 2.08. The van der Waals surface area contributed by atoms with E-state index in [1.54, 1.807) is 0 Å². The van der Waals surface area contributed by atoms with Gasteiger partial charge in [0.2, 0.25) is 0 Å². The van der Waals surface area contributed by atoms with Gasteiger partial charge >= 0.3 is 0 Å². The molecule has 0 fully saturated rings. The lowest BCUT2D eigenvalue weighted by Crippen LogP contribution is -2.00. The van der Waals surface area contributed by atoms with Gasteiger partial charge in [0.15, 0.2) is 0 Å². The van der Waals surface area contributed by atoms with Crippen molar-refractivity contribution in [2.45, 2.75) is 20.4 Å². The molecule has 2 aromatic carbocycles. The normalized spacial score (nSPS) is 11.3. The van der Waals surface area contributed by atoms with Crippen molar-refractivity contribution in [3.63, 3.8) is 0 Å². The lowest BCUT2D eigenvalue weighted by atomic mass is 10.1. The van der Waals surface area contributed by atoms with Crippen LogP contribution in [-0.2, 0) is 6.54 Å². The minimum atomic E-state index is 0.543. The molecule has 0 bridgehead atoms. The van der Waals surface area contributed by atoms with Crippen LogP contribution in [0.15, 0.2) is 48.7 Å². The first-order valence-corrected chi connectivity index (χ1v) is 8.81. The number of thiophene rings is 1. The van der Waals surface area contributed by atoms with Crippen molar-refractivity contribution in [2.24, 2.45) is 5.73 Å². The number of benzene rings is 2. The maximum absolute atomic E-state index is 5.78. The predicted octanol–water partition coefficient (Wildman–Crippen LogP) is 5.27. The van der Waals surface area contributed by atoms with Crippen molar-refractivity contribution < 1.29 is 0 Å². The summed E-state index contributed by atoms with van der Waals surface area (Å²) in [5, 5.41) is 5.97. The van der Waals surface area contributed by atoms with Crippen LogP contribution in [0.25, 0.3) is 21.0 Å². The summed E-state index contributed by atoms with van der Waals surface area (Å²) < 4.78 is 1.29. The molecule has 3 N–H and O–H groups in total. The molecule has 4 rings (SSSR count). The molecule has 0 unspecified atom stereocenters. The molecule has 3 nitrogen and oxygen atoms in total. The Morgan fingerprint density at radius 2 is 1.92 bits per heavy atom. The van der Waals surface area contributed by atoms with E-state index in [4.69, 9.17) is 5.73 Å². The number of nitrogens with zero attached hydrogens (tertiary/aromatic N) is 1. The van der Waals surface area contributed by atoms with Crippen molar-refractivity contribution in [3.05, 3.63) is 64.7 Å². The minimum absolute atomic E-state index is 0.543. The second-order valence-corrected chi connectivity index (χ2v) is 7.39. The van der Waals surface area contributed by atoms with Crippen LogP contribution in [0.5, 0.6) is 0 Å². The van der Waals surface area contributed by atoms with E-state index in [0.717, 1.165) is 27.8 Å². The van der Waals surface area contributed by atoms with Crippen LogP contribution >= 0.6 is 11.3 Å². The zero-order valence-electron chi connectivity index (χ0n) is 13.8. The molecule has 0 saturated heterocycles. The van der Waals surface area contributed by atoms with Gasteiger partial charge in [-0.2, -0.15) is 0 Å². The van der Waals surface area contributed by atoms with Gasteiger partial charge in [0.05, 0.1) is 5.52 Å². The van der Waals surface area contributed by atoms with Crippen LogP contribution in [0.2, 0.25) is 0 Å². The monoisotopic (exact) mass is 333 g/mol. The summed E-state index contributed by atoms with van der Waals surface area (Å²) in [5.41, 5.74) is 11.3. The van der Waals surface area contributed by atoms with Gasteiger partial charge < -0.3 is 11.1 Å². The van der Waals surface area contributed by atoms with Gasteiger partial charge in [-0.15, -0.1) is 11.3 Å². The average molecular weight is 333 g/mol. The highest BCUT2D eigenvalue weighted by molar-refractivity contribution is 7.19. The standard InChI is InChI=1S/C20H19N3S/c1-12-3-4-14(11-21)8-18(12)23-17-5-6-22-19-9-15-7-13(2)24-20(15)10-16(17)19/h3-10H,11,21H2,1-2H3,(H,22,23). The van der Waals surface area contributed by atoms with E-state index in [0.29, 0.717) is 6.54 Å². The van der Waals surface area contributed by atoms with E-state index in [9.17, 15) is 0 Å². The topological polar surface area (TPSA) is 50.9 Å². The first-order chi connectivity index (χ1) is 11.6. The first-order valence-electron chi connectivity index (χ1n) is 7.99. The lowest BCUT2D eigenvalue weighted by molar-refractivity contribution is 1.07. The molecule has 2 aromatic heterocycles. The number of rotatable bonds is 3. The van der Waals surface area contributed by atoms with Crippen LogP contribution in [0.3, 0.4) is 0 Å². The van der Waals surface area contributed by atoms with Crippen LogP contribution in [0, 0.1) is 13.8 Å². The Morgan fingerprint density at radius 1 is 1.04 bits per heavy atom. The summed E-state index contributed by atoms with van der Waals surface area (Å²) in [5.74, 6) is 0. The highest BCUT2D eigenvalue weighted by Crippen LogP contribution is 2.33. The maximum Gasteiger partial charge on any atom is 0.0729 e. The molecule has 0 radical (unpaired) electrons. The third kappa shape index (κ3) is 2.64. The summed E-state index contributed by atoms with van der Waals surface area (Å²) in [6.07, 6.45) is 1.86. The average Bonchev–Trinajstić information content (AvgIpc) is 2.94. The van der Waals surface area contributed by atoms with Crippen molar-refractivity contribution in [2.75, 3.05) is 5.32 Å². The van der Waals surface area contributed by atoms with Gasteiger partial charge in [-0.25, -0.2) is 0 Å². The molecule has 4 aromatic rings. The molecule has 0 amide bonds. The Kier molecular flexibility index (Phi) is 3.71. The Balaban J connectivity index is 1.85. The van der Waals surface area contributed by atoms with Gasteiger partial charge in [-0.1, -0.05) is 12.1 Å². The van der Waals surface area contributed by atoms with Gasteiger partial charge in [0.1, 0.15) is 0 Å². The zero-order valence-corrected chi connectivity index (χ0v) is 14.6. The van der Waals surface area contributed by atoms with Crippen LogP contribution < -0.4 is 11.1 Å². The number of aromatic nitrogens is 1. The molecular weight excluding hydrogens is 314 g/mol. The van der Waals surface area contributed by atoms with Gasteiger partial charge in [-0.3, -0.25) is 4.98 Å². The molecule has 4 heteroatoms. The first kappa shape index (κ1) is 15.1. The van der Waals surface area contributed by atoms with Crippen LogP contribution in [0.4, 0.5) is 11.4 Å². The molecule has 0 aliphatic carbocycles. The minimum Gasteiger partial charge on any atom is -0.355 e. The van der Waals surface area contributed by atoms with E-state index in [-0.39, 0.29) is 0 Å². The van der Waals surface area contributed by atoms with E-state index < -0.39 is 0 Å². The molecule has 120 valence electrons. The smallest absolute Gasteiger partial charge is 0.0729 e. The Labute approximate surface area is 145 Å². The fourth-order valence-corrected chi connectivity index (χ4v) is 3.94. The molecule has 0 atom stereocenters. The number of aryl methyl sites for hydroxylation is 2. The van der Waals surface area contributed by atoms with Crippen molar-refractivity contribution in [1.29, 1.82) is 0 Å². The van der Waals surface area contributed by atoms with Gasteiger partial charge in [-0.05, 0) is 60.7 Å². The molecule has 2 heterocycles. The number of anilines is 2. The second-order valence-electron chi connectivity index (χ2n) is 6.10. The molecule has 0 saturated carbocycles. The fraction of sp³-hybridized carbons (Fsp3) is 0.150. The number of hydrogen-bond acceptors (Lipinski definition) is 4. The van der Waals surface area contributed by atoms with Crippen molar-refractivity contribution >= 4 is 43.7 Å². The van der Waals surface area contributed by atoms with Gasteiger partial charge in [0.25, 0.3) is 0 Å². The van der Waals surface area contributed by atoms with Gasteiger partial charge in [0, 0.05) is 39.1 Å². The molecule has 24 heavy (non-hydrogen) atoms. The van der Waals surface area contributed by atoms with Crippen molar-refractivity contribution in [1.82, 2.24) is 4.98 Å². The van der Waals surface area contributed by atoms with E-state index >= 15 is 0 Å². The predicted molar refractivity (Wildman–Crippen MR) is 104 cm³/mol. The summed E-state index contributed by atoms with van der Waals surface area (Å²) in [7, 11) is 0. The van der Waals surface area contributed by atoms with E-state index in [2.05, 4.69) is 60.5 Å². The zero-order chi connectivity index (χ0) is 16.7. The Hall–Kier alpha value is -2.43. The molecule has 0 aliphatic rings. The number of nitrogens with two attached hydrogens (primary N) is 1. The molecule has 0 spiro atoms. The van der Waals surface area contributed by atoms with Crippen molar-refractivity contribution in [3.8, 4) is 0 Å². The third-order valence-corrected chi connectivity index (χ3v) is 5.32. The Bertz CT molecular complexity index is 1050. The quantitative estimate of drug-likeness (QED) is 0.537. The SMILES string of the molecule is Cc1cc2cc3nccc(Nc4cc(CN)ccc4C)c3cc2s1. The van der Waals surface area contributed by atoms with E-state index in [1.807, 2.05) is 23.6 Å². The maximum atomic E-state index is 5.78. The molecular formula is C20H19N3S. The fourth-order valence-electron chi connectivity index (χ4n) is 3.00. The number of hydrogen-bond donors (Lipinski definition) is 2. The molecule has 0 aliphatic heterocycles. The van der Waals surface area contributed by atoms with Crippen LogP contribution in [-0.4, -0.2) is 4.98 Å². The number of fused-ring (bicyclic) bond motifs is 2. The number of pyridine rings is 1. The Morgan fingerprint density at radius 3 is 2.75 bits per heavy atom. The highest BCUT2D eigenvalue weighted by atomic mass is 32.1. The summed E-state index contributed by atoms with van der Waals surface area (Å²) in [6.45, 7) is 4.79. The number of nitrogens with one attached hydrogen (secondary N) is 1. The summed E-state index contributed by atoms with van der Waals surface area (Å²) >= 11 is 1.82. The summed E-state index contributed by atoms with van der Waals surface area (Å²) in [4.78, 5) is 5.86. The largest absolute Gasteiger partial charge is 0.355 e. The third-order valence-electron chi connectivity index (χ3n) is 4.31. The van der Waals surface area contributed by atoms with E-state index in [1.165, 1.54) is 20.5 Å². The second kappa shape index (κ2) is 5.89. The summed E-state index contributed by atoms with van der Waals surface area (Å²) in [6, 6.07) is 15.0. The lowest BCUT2D eigenvalue weighted by Gasteiger charge is -2.13.